The molecule has 0 fully saturated rings. The van der Waals surface area contributed by atoms with Crippen LogP contribution in [0.15, 0.2) is 30.5 Å². The summed E-state index contributed by atoms with van der Waals surface area (Å²) >= 11 is 0. The maximum absolute atomic E-state index is 11.5. The number of fused-ring (bicyclic) bond motifs is 1. The van der Waals surface area contributed by atoms with Gasteiger partial charge in [0.2, 0.25) is 0 Å². The number of hydrogen-bond acceptors (Lipinski definition) is 3. The molecule has 3 nitrogen and oxygen atoms in total. The van der Waals surface area contributed by atoms with Crippen molar-refractivity contribution in [2.75, 3.05) is 0 Å². The van der Waals surface area contributed by atoms with E-state index in [1.165, 1.54) is 0 Å². The van der Waals surface area contributed by atoms with E-state index < -0.39 is 0 Å². The van der Waals surface area contributed by atoms with Gasteiger partial charge in [-0.05, 0) is 39.0 Å². The van der Waals surface area contributed by atoms with Crippen molar-refractivity contribution in [1.29, 1.82) is 0 Å². The first-order valence-corrected chi connectivity index (χ1v) is 5.65. The van der Waals surface area contributed by atoms with Crippen LogP contribution in [-0.2, 0) is 0 Å². The summed E-state index contributed by atoms with van der Waals surface area (Å²) in [5.74, 6) is 0.764. The minimum absolute atomic E-state index is 0.0408. The van der Waals surface area contributed by atoms with Crippen molar-refractivity contribution in [1.82, 2.24) is 4.98 Å². The predicted octanol–water partition coefficient (Wildman–Crippen LogP) is 3.22. The Morgan fingerprint density at radius 3 is 2.71 bits per heavy atom. The van der Waals surface area contributed by atoms with Gasteiger partial charge in [-0.1, -0.05) is 6.07 Å². The average Bonchev–Trinajstić information content (AvgIpc) is 2.28. The zero-order chi connectivity index (χ0) is 12.4. The topological polar surface area (TPSA) is 39.2 Å². The molecule has 0 spiro atoms. The highest BCUT2D eigenvalue weighted by atomic mass is 16.5. The lowest BCUT2D eigenvalue weighted by Gasteiger charge is -2.12. The lowest BCUT2D eigenvalue weighted by atomic mass is 10.0. The van der Waals surface area contributed by atoms with Crippen LogP contribution in [0.3, 0.4) is 0 Å². The molecule has 0 radical (unpaired) electrons. The quantitative estimate of drug-likeness (QED) is 0.758. The molecule has 2 rings (SSSR count). The van der Waals surface area contributed by atoms with Gasteiger partial charge in [-0.25, -0.2) is 0 Å². The van der Waals surface area contributed by atoms with E-state index >= 15 is 0 Å². The number of carbonyl (C=O) groups excluding carboxylic acids is 1. The monoisotopic (exact) mass is 229 g/mol. The summed E-state index contributed by atoms with van der Waals surface area (Å²) < 4.78 is 5.69. The van der Waals surface area contributed by atoms with Crippen molar-refractivity contribution in [3.05, 3.63) is 36.0 Å². The maximum Gasteiger partial charge on any atom is 0.160 e. The lowest BCUT2D eigenvalue weighted by Crippen LogP contribution is -2.07. The standard InChI is InChI=1S/C14H15NO2/c1-9(2)17-13-7-6-11(10(3)16)12-5-4-8-15-14(12)13/h4-9H,1-3H3. The van der Waals surface area contributed by atoms with Gasteiger partial charge in [-0.2, -0.15) is 0 Å². The first kappa shape index (κ1) is 11.6. The van der Waals surface area contributed by atoms with Crippen LogP contribution in [0.1, 0.15) is 31.1 Å². The molecular formula is C14H15NO2. The van der Waals surface area contributed by atoms with Gasteiger partial charge in [0.1, 0.15) is 11.3 Å². The van der Waals surface area contributed by atoms with E-state index in [1.807, 2.05) is 32.0 Å². The first-order valence-electron chi connectivity index (χ1n) is 5.65. The van der Waals surface area contributed by atoms with Crippen LogP contribution in [0.2, 0.25) is 0 Å². The Morgan fingerprint density at radius 2 is 2.06 bits per heavy atom. The summed E-state index contributed by atoms with van der Waals surface area (Å²) in [7, 11) is 0. The van der Waals surface area contributed by atoms with Crippen LogP contribution in [0.5, 0.6) is 5.75 Å². The lowest BCUT2D eigenvalue weighted by molar-refractivity contribution is 0.101. The van der Waals surface area contributed by atoms with Crippen molar-refractivity contribution in [2.24, 2.45) is 0 Å². The first-order chi connectivity index (χ1) is 8.09. The van der Waals surface area contributed by atoms with Gasteiger partial charge in [0, 0.05) is 17.1 Å². The highest BCUT2D eigenvalue weighted by Gasteiger charge is 2.11. The van der Waals surface area contributed by atoms with Gasteiger partial charge in [-0.3, -0.25) is 9.78 Å². The number of pyridine rings is 1. The molecule has 0 saturated carbocycles. The van der Waals surface area contributed by atoms with Crippen molar-refractivity contribution in [3.8, 4) is 5.75 Å². The molecular weight excluding hydrogens is 214 g/mol. The summed E-state index contributed by atoms with van der Waals surface area (Å²) in [5.41, 5.74) is 1.43. The third-order valence-corrected chi connectivity index (χ3v) is 2.47. The van der Waals surface area contributed by atoms with E-state index in [9.17, 15) is 4.79 Å². The molecule has 1 aromatic heterocycles. The van der Waals surface area contributed by atoms with Crippen LogP contribution in [0.25, 0.3) is 10.9 Å². The predicted molar refractivity (Wildman–Crippen MR) is 67.5 cm³/mol. The number of Topliss-reactive ketones (excluding diaryl/α,β-unsaturated/α-hetero) is 1. The van der Waals surface area contributed by atoms with Crippen molar-refractivity contribution in [3.63, 3.8) is 0 Å². The largest absolute Gasteiger partial charge is 0.489 e. The number of rotatable bonds is 3. The number of aromatic nitrogens is 1. The number of hydrogen-bond donors (Lipinski definition) is 0. The normalized spacial score (nSPS) is 10.8. The van der Waals surface area contributed by atoms with Gasteiger partial charge >= 0.3 is 0 Å². The number of carbonyl (C=O) groups is 1. The Hall–Kier alpha value is -1.90. The number of nitrogens with zero attached hydrogens (tertiary/aromatic N) is 1. The molecule has 0 bridgehead atoms. The number of ether oxygens (including phenoxy) is 1. The molecule has 0 saturated heterocycles. The summed E-state index contributed by atoms with van der Waals surface area (Å²) in [6, 6.07) is 7.33. The molecule has 3 heteroatoms. The zero-order valence-corrected chi connectivity index (χ0v) is 10.2. The Bertz CT molecular complexity index is 561. The molecule has 1 aromatic carbocycles. The van der Waals surface area contributed by atoms with Gasteiger partial charge in [-0.15, -0.1) is 0 Å². The Labute approximate surface area is 100 Å². The molecule has 1 heterocycles. The van der Waals surface area contributed by atoms with Crippen LogP contribution in [-0.4, -0.2) is 16.9 Å². The second-order valence-corrected chi connectivity index (χ2v) is 4.23. The van der Waals surface area contributed by atoms with Crippen LogP contribution < -0.4 is 4.74 Å². The maximum atomic E-state index is 11.5. The van der Waals surface area contributed by atoms with E-state index in [0.717, 1.165) is 16.7 Å². The number of benzene rings is 1. The SMILES string of the molecule is CC(=O)c1ccc(OC(C)C)c2ncccc12. The second-order valence-electron chi connectivity index (χ2n) is 4.23. The van der Waals surface area contributed by atoms with Crippen molar-refractivity contribution >= 4 is 16.7 Å². The molecule has 0 aliphatic carbocycles. The van der Waals surface area contributed by atoms with E-state index in [0.29, 0.717) is 5.56 Å². The van der Waals surface area contributed by atoms with Crippen molar-refractivity contribution in [2.45, 2.75) is 26.9 Å². The highest BCUT2D eigenvalue weighted by molar-refractivity contribution is 6.07. The summed E-state index contributed by atoms with van der Waals surface area (Å²) in [6.45, 7) is 5.49. The van der Waals surface area contributed by atoms with Gasteiger partial charge in [0.25, 0.3) is 0 Å². The summed E-state index contributed by atoms with van der Waals surface area (Å²) in [4.78, 5) is 15.8. The summed E-state index contributed by atoms with van der Waals surface area (Å²) in [5, 5.41) is 0.846. The molecule has 88 valence electrons. The van der Waals surface area contributed by atoms with Gasteiger partial charge < -0.3 is 4.74 Å². The van der Waals surface area contributed by atoms with E-state index in [2.05, 4.69) is 4.98 Å². The average molecular weight is 229 g/mol. The van der Waals surface area contributed by atoms with Gasteiger partial charge in [0.15, 0.2) is 5.78 Å². The van der Waals surface area contributed by atoms with Crippen LogP contribution in [0, 0.1) is 0 Å². The smallest absolute Gasteiger partial charge is 0.160 e. The number of ketones is 1. The van der Waals surface area contributed by atoms with E-state index in [4.69, 9.17) is 4.74 Å². The summed E-state index contributed by atoms with van der Waals surface area (Å²) in [6.07, 6.45) is 1.79. The Morgan fingerprint density at radius 1 is 1.29 bits per heavy atom. The molecule has 0 atom stereocenters. The highest BCUT2D eigenvalue weighted by Crippen LogP contribution is 2.27. The minimum atomic E-state index is 0.0408. The second kappa shape index (κ2) is 4.53. The molecule has 0 aliphatic rings. The van der Waals surface area contributed by atoms with Crippen LogP contribution >= 0.6 is 0 Å². The van der Waals surface area contributed by atoms with E-state index in [-0.39, 0.29) is 11.9 Å². The fourth-order valence-corrected chi connectivity index (χ4v) is 1.80. The molecule has 2 aromatic rings. The Balaban J connectivity index is 2.66. The molecule has 0 N–H and O–H groups in total. The third kappa shape index (κ3) is 2.28. The van der Waals surface area contributed by atoms with Crippen LogP contribution in [0.4, 0.5) is 0 Å². The van der Waals surface area contributed by atoms with Gasteiger partial charge in [0.05, 0.1) is 6.10 Å². The fourth-order valence-electron chi connectivity index (χ4n) is 1.80. The third-order valence-electron chi connectivity index (χ3n) is 2.47. The molecule has 17 heavy (non-hydrogen) atoms. The minimum Gasteiger partial charge on any atom is -0.489 e. The molecule has 0 amide bonds. The van der Waals surface area contributed by atoms with Crippen molar-refractivity contribution < 1.29 is 9.53 Å². The molecule has 0 aliphatic heterocycles. The fraction of sp³-hybridized carbons (Fsp3) is 0.286. The zero-order valence-electron chi connectivity index (χ0n) is 10.2. The Kier molecular flexibility index (Phi) is 3.09. The van der Waals surface area contributed by atoms with E-state index in [1.54, 1.807) is 19.2 Å². The molecule has 0 unspecified atom stereocenters.